The number of nitrogen functional groups attached to an aromatic ring is 1. The maximum Gasteiger partial charge on any atom is 0.172 e. The van der Waals surface area contributed by atoms with Gasteiger partial charge in [-0.15, -0.1) is 0 Å². The highest BCUT2D eigenvalue weighted by molar-refractivity contribution is 5.65. The minimum absolute atomic E-state index is 0.296. The molecule has 0 bridgehead atoms. The number of aromatic nitrogens is 1. The van der Waals surface area contributed by atoms with E-state index >= 15 is 0 Å². The second-order valence-corrected chi connectivity index (χ2v) is 3.64. The summed E-state index contributed by atoms with van der Waals surface area (Å²) in [6.45, 7) is 2.04. The molecule has 0 aliphatic carbocycles. The number of hydrogen-bond donors (Lipinski definition) is 1. The Balaban J connectivity index is 2.47. The largest absolute Gasteiger partial charge is 0.381 e. The summed E-state index contributed by atoms with van der Waals surface area (Å²) in [5, 5.41) is 3.72. The van der Waals surface area contributed by atoms with Crippen molar-refractivity contribution in [3.05, 3.63) is 35.6 Å². The van der Waals surface area contributed by atoms with E-state index in [9.17, 15) is 4.39 Å². The molecule has 1 aromatic carbocycles. The van der Waals surface area contributed by atoms with Gasteiger partial charge in [0.25, 0.3) is 0 Å². The summed E-state index contributed by atoms with van der Waals surface area (Å²) in [5.74, 6) is 0.662. The summed E-state index contributed by atoms with van der Waals surface area (Å²) in [7, 11) is 0. The topological polar surface area (TPSA) is 52.0 Å². The van der Waals surface area contributed by atoms with Crippen LogP contribution in [0.2, 0.25) is 0 Å². The zero-order chi connectivity index (χ0) is 11.5. The molecule has 0 fully saturated rings. The van der Waals surface area contributed by atoms with Gasteiger partial charge in [-0.3, -0.25) is 0 Å². The third-order valence-corrected chi connectivity index (χ3v) is 2.41. The van der Waals surface area contributed by atoms with E-state index in [-0.39, 0.29) is 5.82 Å². The van der Waals surface area contributed by atoms with Gasteiger partial charge < -0.3 is 10.3 Å². The van der Waals surface area contributed by atoms with Gasteiger partial charge in [0.2, 0.25) is 0 Å². The van der Waals surface area contributed by atoms with Crippen LogP contribution in [-0.2, 0) is 6.42 Å². The van der Waals surface area contributed by atoms with Crippen molar-refractivity contribution in [2.24, 2.45) is 0 Å². The lowest BCUT2D eigenvalue weighted by Crippen LogP contribution is -1.92. The van der Waals surface area contributed by atoms with Gasteiger partial charge in [0.15, 0.2) is 11.6 Å². The Morgan fingerprint density at radius 3 is 2.94 bits per heavy atom. The molecule has 0 aliphatic rings. The molecule has 0 radical (unpaired) electrons. The summed E-state index contributed by atoms with van der Waals surface area (Å²) >= 11 is 0. The molecule has 3 nitrogen and oxygen atoms in total. The summed E-state index contributed by atoms with van der Waals surface area (Å²) in [6.07, 6.45) is 1.72. The minimum Gasteiger partial charge on any atom is -0.381 e. The predicted molar refractivity (Wildman–Crippen MR) is 60.3 cm³/mol. The highest BCUT2D eigenvalue weighted by Crippen LogP contribution is 2.29. The molecule has 4 heteroatoms. The van der Waals surface area contributed by atoms with Gasteiger partial charge >= 0.3 is 0 Å². The summed E-state index contributed by atoms with van der Waals surface area (Å²) in [5.41, 5.74) is 7.23. The van der Waals surface area contributed by atoms with Crippen LogP contribution in [0, 0.1) is 5.82 Å². The van der Waals surface area contributed by atoms with Crippen molar-refractivity contribution in [2.45, 2.75) is 19.8 Å². The lowest BCUT2D eigenvalue weighted by molar-refractivity contribution is 0.434. The minimum atomic E-state index is -0.296. The van der Waals surface area contributed by atoms with Crippen molar-refractivity contribution >= 4 is 5.82 Å². The molecule has 0 atom stereocenters. The molecule has 1 heterocycles. The van der Waals surface area contributed by atoms with E-state index in [4.69, 9.17) is 10.3 Å². The highest BCUT2D eigenvalue weighted by atomic mass is 19.1. The Bertz CT molecular complexity index is 494. The average Bonchev–Trinajstić information content (AvgIpc) is 2.61. The van der Waals surface area contributed by atoms with Crippen LogP contribution in [0.1, 0.15) is 18.9 Å². The van der Waals surface area contributed by atoms with Crippen molar-refractivity contribution in [3.8, 4) is 11.3 Å². The quantitative estimate of drug-likeness (QED) is 0.865. The van der Waals surface area contributed by atoms with Crippen LogP contribution in [0.4, 0.5) is 10.2 Å². The number of nitrogens with zero attached hydrogens (tertiary/aromatic N) is 1. The summed E-state index contributed by atoms with van der Waals surface area (Å²) in [4.78, 5) is 0. The molecule has 0 unspecified atom stereocenters. The standard InChI is InChI=1S/C12H13FN2O/c1-2-4-10-11(16-15-12(10)14)8-5-3-6-9(13)7-8/h3,5-7H,2,4H2,1H3,(H2,14,15). The number of halogens is 1. The number of hydrogen-bond acceptors (Lipinski definition) is 3. The van der Waals surface area contributed by atoms with Crippen molar-refractivity contribution in [1.82, 2.24) is 5.16 Å². The van der Waals surface area contributed by atoms with E-state index in [0.717, 1.165) is 18.4 Å². The number of rotatable bonds is 3. The molecule has 2 rings (SSSR count). The van der Waals surface area contributed by atoms with Crippen LogP contribution in [-0.4, -0.2) is 5.16 Å². The molecule has 1 aromatic heterocycles. The van der Waals surface area contributed by atoms with E-state index < -0.39 is 0 Å². The van der Waals surface area contributed by atoms with Gasteiger partial charge in [0.05, 0.1) is 0 Å². The van der Waals surface area contributed by atoms with Crippen molar-refractivity contribution in [2.75, 3.05) is 5.73 Å². The molecule has 0 aliphatic heterocycles. The van der Waals surface area contributed by atoms with E-state index in [2.05, 4.69) is 5.16 Å². The van der Waals surface area contributed by atoms with Crippen LogP contribution in [0.25, 0.3) is 11.3 Å². The van der Waals surface area contributed by atoms with Crippen molar-refractivity contribution in [1.29, 1.82) is 0 Å². The fourth-order valence-corrected chi connectivity index (χ4v) is 1.67. The molecule has 2 N–H and O–H groups in total. The van der Waals surface area contributed by atoms with Gasteiger partial charge in [0.1, 0.15) is 5.82 Å². The van der Waals surface area contributed by atoms with Crippen molar-refractivity contribution < 1.29 is 8.91 Å². The third kappa shape index (κ3) is 1.91. The zero-order valence-electron chi connectivity index (χ0n) is 9.03. The highest BCUT2D eigenvalue weighted by Gasteiger charge is 2.14. The molecule has 84 valence electrons. The van der Waals surface area contributed by atoms with E-state index in [0.29, 0.717) is 17.1 Å². The van der Waals surface area contributed by atoms with Gasteiger partial charge in [0, 0.05) is 11.1 Å². The normalized spacial score (nSPS) is 10.6. The van der Waals surface area contributed by atoms with Crippen molar-refractivity contribution in [3.63, 3.8) is 0 Å². The molecular weight excluding hydrogens is 207 g/mol. The molecule has 0 amide bonds. The second-order valence-electron chi connectivity index (χ2n) is 3.64. The van der Waals surface area contributed by atoms with Crippen LogP contribution in [0.3, 0.4) is 0 Å². The Hall–Kier alpha value is -1.84. The van der Waals surface area contributed by atoms with Crippen LogP contribution in [0.5, 0.6) is 0 Å². The Morgan fingerprint density at radius 2 is 2.25 bits per heavy atom. The van der Waals surface area contributed by atoms with Crippen LogP contribution >= 0.6 is 0 Å². The summed E-state index contributed by atoms with van der Waals surface area (Å²) < 4.78 is 18.2. The van der Waals surface area contributed by atoms with Crippen LogP contribution in [0.15, 0.2) is 28.8 Å². The average molecular weight is 220 g/mol. The number of anilines is 1. The monoisotopic (exact) mass is 220 g/mol. The first kappa shape index (κ1) is 10.7. The second kappa shape index (κ2) is 4.35. The fraction of sp³-hybridized carbons (Fsp3) is 0.250. The van der Waals surface area contributed by atoms with Gasteiger partial charge in [-0.25, -0.2) is 4.39 Å². The maximum absolute atomic E-state index is 13.1. The molecule has 0 saturated carbocycles. The molecule has 2 aromatic rings. The first-order valence-corrected chi connectivity index (χ1v) is 5.22. The lowest BCUT2D eigenvalue weighted by Gasteiger charge is -2.00. The van der Waals surface area contributed by atoms with Gasteiger partial charge in [-0.1, -0.05) is 30.6 Å². The van der Waals surface area contributed by atoms with Gasteiger partial charge in [-0.2, -0.15) is 0 Å². The van der Waals surface area contributed by atoms with E-state index in [1.807, 2.05) is 6.92 Å². The smallest absolute Gasteiger partial charge is 0.172 e. The zero-order valence-corrected chi connectivity index (χ0v) is 9.03. The lowest BCUT2D eigenvalue weighted by atomic mass is 10.0. The molecule has 0 saturated heterocycles. The Morgan fingerprint density at radius 1 is 1.44 bits per heavy atom. The predicted octanol–water partition coefficient (Wildman–Crippen LogP) is 3.02. The van der Waals surface area contributed by atoms with Crippen LogP contribution < -0.4 is 5.73 Å². The van der Waals surface area contributed by atoms with E-state index in [1.165, 1.54) is 12.1 Å². The fourth-order valence-electron chi connectivity index (χ4n) is 1.67. The van der Waals surface area contributed by atoms with Gasteiger partial charge in [-0.05, 0) is 18.6 Å². The SMILES string of the molecule is CCCc1c(N)noc1-c1cccc(F)c1. The first-order chi connectivity index (χ1) is 7.72. The Labute approximate surface area is 93.1 Å². The number of nitrogens with two attached hydrogens (primary N) is 1. The molecule has 0 spiro atoms. The first-order valence-electron chi connectivity index (χ1n) is 5.22. The number of benzene rings is 1. The maximum atomic E-state index is 13.1. The third-order valence-electron chi connectivity index (χ3n) is 2.41. The Kier molecular flexibility index (Phi) is 2.90. The molecule has 16 heavy (non-hydrogen) atoms. The summed E-state index contributed by atoms with van der Waals surface area (Å²) in [6, 6.07) is 6.23. The van der Waals surface area contributed by atoms with E-state index in [1.54, 1.807) is 12.1 Å². The molecular formula is C12H13FN2O.